The fourth-order valence-corrected chi connectivity index (χ4v) is 0. The lowest BCUT2D eigenvalue weighted by molar-refractivity contribution is 0.408. The lowest BCUT2D eigenvalue weighted by Crippen LogP contribution is -2.08. The summed E-state index contributed by atoms with van der Waals surface area (Å²) in [6.45, 7) is 0. The second-order valence-electron chi connectivity index (χ2n) is 0.523. The molecule has 0 aromatic carbocycles. The molecule has 38 valence electrons. The summed E-state index contributed by atoms with van der Waals surface area (Å²) in [5.74, 6) is 0. The van der Waals surface area contributed by atoms with E-state index in [2.05, 4.69) is 17.0 Å². The zero-order valence-electron chi connectivity index (χ0n) is 3.30. The van der Waals surface area contributed by atoms with E-state index in [1.54, 1.807) is 0 Å². The lowest BCUT2D eigenvalue weighted by atomic mass is 11.3. The number of hydrogen-bond donors (Lipinski definition) is 1. The monoisotopic (exact) mass is 219 g/mol. The van der Waals surface area contributed by atoms with Crippen molar-refractivity contribution in [3.05, 3.63) is 0 Å². The maximum absolute atomic E-state index is 4.80. The molecule has 2 nitrogen and oxygen atoms in total. The first-order valence-corrected chi connectivity index (χ1v) is 1.51. The van der Waals surface area contributed by atoms with Gasteiger partial charge in [-0.05, 0) is 12.2 Å². The quantitative estimate of drug-likeness (QED) is 0.475. The van der Waals surface area contributed by atoms with Crippen LogP contribution in [0.1, 0.15) is 0 Å². The zero-order valence-corrected chi connectivity index (χ0v) is 6.45. The first-order valence-electron chi connectivity index (χ1n) is 1.11. The highest BCUT2D eigenvalue weighted by atomic mass is 127. The van der Waals surface area contributed by atoms with Crippen molar-refractivity contribution in [1.82, 2.24) is 0 Å². The third-order valence-electron chi connectivity index (χ3n) is 0.201. The molecule has 0 aromatic heterocycles. The Morgan fingerprint density at radius 2 is 2.00 bits per heavy atom. The van der Waals surface area contributed by atoms with E-state index in [1.165, 1.54) is 7.11 Å². The zero-order chi connectivity index (χ0) is 4.28. The van der Waals surface area contributed by atoms with Gasteiger partial charge < -0.3 is 10.5 Å². The highest BCUT2D eigenvalue weighted by molar-refractivity contribution is 14.0. The summed E-state index contributed by atoms with van der Waals surface area (Å²) in [6.07, 6.45) is 0. The van der Waals surface area contributed by atoms with E-state index in [0.29, 0.717) is 0 Å². The Bertz CT molecular complexity index is 48.8. The van der Waals surface area contributed by atoms with Gasteiger partial charge in [0.15, 0.2) is 0 Å². The van der Waals surface area contributed by atoms with Crippen molar-refractivity contribution in [3.63, 3.8) is 0 Å². The molecule has 0 rings (SSSR count). The van der Waals surface area contributed by atoms with Gasteiger partial charge in [0.25, 0.3) is 5.17 Å². The molecule has 0 saturated carbocycles. The van der Waals surface area contributed by atoms with Gasteiger partial charge in [-0.25, -0.2) is 0 Å². The van der Waals surface area contributed by atoms with E-state index >= 15 is 0 Å². The van der Waals surface area contributed by atoms with Crippen LogP contribution < -0.4 is 5.73 Å². The molecule has 4 heteroatoms. The van der Waals surface area contributed by atoms with Gasteiger partial charge in [0.1, 0.15) is 0 Å². The SMILES string of the molecule is COC(N)=S.I. The van der Waals surface area contributed by atoms with Gasteiger partial charge in [-0.1, -0.05) is 0 Å². The van der Waals surface area contributed by atoms with E-state index in [4.69, 9.17) is 5.73 Å². The minimum Gasteiger partial charge on any atom is -0.475 e. The number of ether oxygens (including phenoxy) is 1. The summed E-state index contributed by atoms with van der Waals surface area (Å²) in [7, 11) is 1.43. The molecule has 0 aliphatic carbocycles. The largest absolute Gasteiger partial charge is 0.475 e. The van der Waals surface area contributed by atoms with E-state index < -0.39 is 0 Å². The van der Waals surface area contributed by atoms with Crippen LogP contribution in [0.4, 0.5) is 0 Å². The Kier molecular flexibility index (Phi) is 8.72. The maximum Gasteiger partial charge on any atom is 0.253 e. The Balaban J connectivity index is 0. The van der Waals surface area contributed by atoms with Gasteiger partial charge >= 0.3 is 0 Å². The molecular weight excluding hydrogens is 213 g/mol. The molecule has 2 N–H and O–H groups in total. The topological polar surface area (TPSA) is 35.2 Å². The average molecular weight is 219 g/mol. The number of rotatable bonds is 0. The van der Waals surface area contributed by atoms with Crippen molar-refractivity contribution in [2.24, 2.45) is 5.73 Å². The fraction of sp³-hybridized carbons (Fsp3) is 0.500. The summed E-state index contributed by atoms with van der Waals surface area (Å²) >= 11 is 4.25. The lowest BCUT2D eigenvalue weighted by Gasteiger charge is -1.85. The van der Waals surface area contributed by atoms with E-state index in [1.807, 2.05) is 0 Å². The first-order chi connectivity index (χ1) is 2.27. The van der Waals surface area contributed by atoms with E-state index in [-0.39, 0.29) is 29.2 Å². The number of hydrogen-bond acceptors (Lipinski definition) is 2. The van der Waals surface area contributed by atoms with Crippen molar-refractivity contribution in [1.29, 1.82) is 0 Å². The van der Waals surface area contributed by atoms with Gasteiger partial charge in [0.2, 0.25) is 0 Å². The van der Waals surface area contributed by atoms with Gasteiger partial charge in [-0.3, -0.25) is 0 Å². The van der Waals surface area contributed by atoms with Crippen LogP contribution in [0.25, 0.3) is 0 Å². The second kappa shape index (κ2) is 5.42. The van der Waals surface area contributed by atoms with Crippen LogP contribution in [0.2, 0.25) is 0 Å². The van der Waals surface area contributed by atoms with Crippen LogP contribution in [-0.2, 0) is 4.74 Å². The van der Waals surface area contributed by atoms with Gasteiger partial charge in [0, 0.05) is 0 Å². The highest BCUT2D eigenvalue weighted by Gasteiger charge is 1.69. The molecule has 0 atom stereocenters. The average Bonchev–Trinajstić information content (AvgIpc) is 1.38. The second-order valence-corrected chi connectivity index (χ2v) is 0.926. The molecule has 0 radical (unpaired) electrons. The van der Waals surface area contributed by atoms with Crippen LogP contribution in [0, 0.1) is 0 Å². The number of thiocarbonyl (C=S) groups is 1. The summed E-state index contributed by atoms with van der Waals surface area (Å²) in [4.78, 5) is 0. The van der Waals surface area contributed by atoms with Crippen LogP contribution in [0.5, 0.6) is 0 Å². The van der Waals surface area contributed by atoms with Gasteiger partial charge in [0.05, 0.1) is 7.11 Å². The van der Waals surface area contributed by atoms with Crippen molar-refractivity contribution < 1.29 is 4.74 Å². The van der Waals surface area contributed by atoms with Crippen LogP contribution >= 0.6 is 36.2 Å². The van der Waals surface area contributed by atoms with Gasteiger partial charge in [-0.2, -0.15) is 0 Å². The minimum absolute atomic E-state index is 0. The number of methoxy groups -OCH3 is 1. The fourth-order valence-electron chi connectivity index (χ4n) is 0. The Morgan fingerprint density at radius 3 is 2.00 bits per heavy atom. The summed E-state index contributed by atoms with van der Waals surface area (Å²) in [6, 6.07) is 0. The van der Waals surface area contributed by atoms with Crippen LogP contribution in [-0.4, -0.2) is 12.3 Å². The Labute approximate surface area is 59.1 Å². The van der Waals surface area contributed by atoms with Crippen LogP contribution in [0.3, 0.4) is 0 Å². The van der Waals surface area contributed by atoms with Crippen LogP contribution in [0.15, 0.2) is 0 Å². The molecule has 0 saturated heterocycles. The maximum atomic E-state index is 4.80. The molecule has 0 fully saturated rings. The normalized spacial score (nSPS) is 5.50. The molecule has 0 heterocycles. The summed E-state index contributed by atoms with van der Waals surface area (Å²) < 4.78 is 4.26. The predicted molar refractivity (Wildman–Crippen MR) is 39.2 cm³/mol. The summed E-state index contributed by atoms with van der Waals surface area (Å²) in [5.41, 5.74) is 4.80. The van der Waals surface area contributed by atoms with Gasteiger partial charge in [-0.15, -0.1) is 24.0 Å². The smallest absolute Gasteiger partial charge is 0.253 e. The number of nitrogens with two attached hydrogens (primary N) is 1. The van der Waals surface area contributed by atoms with Crippen molar-refractivity contribution in [3.8, 4) is 0 Å². The number of halogens is 1. The Morgan fingerprint density at radius 1 is 1.83 bits per heavy atom. The standard InChI is InChI=1S/C2H5NOS.HI/c1-4-2(3)5;/h1H3,(H2,3,5);1H. The molecular formula is C2H6INOS. The third-order valence-corrected chi connectivity index (χ3v) is 0.368. The van der Waals surface area contributed by atoms with E-state index in [0.717, 1.165) is 0 Å². The molecule has 0 spiro atoms. The third kappa shape index (κ3) is 8.83. The first kappa shape index (κ1) is 9.65. The molecule has 0 bridgehead atoms. The van der Waals surface area contributed by atoms with Crippen molar-refractivity contribution in [2.75, 3.05) is 7.11 Å². The summed E-state index contributed by atoms with van der Waals surface area (Å²) in [5, 5.41) is 0.0880. The highest BCUT2D eigenvalue weighted by Crippen LogP contribution is 1.58. The molecule has 0 unspecified atom stereocenters. The predicted octanol–water partition coefficient (Wildman–Crippen LogP) is 0.494. The van der Waals surface area contributed by atoms with E-state index in [9.17, 15) is 0 Å². The molecule has 0 aliphatic rings. The van der Waals surface area contributed by atoms with Crippen molar-refractivity contribution in [2.45, 2.75) is 0 Å². The molecule has 0 aromatic rings. The van der Waals surface area contributed by atoms with Crippen molar-refractivity contribution >= 4 is 41.4 Å². The Hall–Kier alpha value is 0.420. The molecule has 0 amide bonds. The minimum atomic E-state index is 0. The molecule has 6 heavy (non-hydrogen) atoms. The molecule has 0 aliphatic heterocycles.